The van der Waals surface area contributed by atoms with E-state index in [0.29, 0.717) is 29.5 Å². The molecule has 1 aliphatic carbocycles. The SMILES string of the molecule is Cc1cccc(NC(=O)c2ccccc2NC(=O)CN(CCO)C2CCCCC2)c1. The zero-order chi connectivity index (χ0) is 21.3. The van der Waals surface area contributed by atoms with Crippen LogP contribution in [-0.2, 0) is 4.79 Å². The smallest absolute Gasteiger partial charge is 0.257 e. The van der Waals surface area contributed by atoms with E-state index in [0.717, 1.165) is 31.2 Å². The molecule has 30 heavy (non-hydrogen) atoms. The molecule has 6 heteroatoms. The van der Waals surface area contributed by atoms with Crippen LogP contribution in [0.4, 0.5) is 11.4 Å². The highest BCUT2D eigenvalue weighted by molar-refractivity contribution is 6.10. The fourth-order valence-electron chi connectivity index (χ4n) is 4.05. The van der Waals surface area contributed by atoms with Crippen LogP contribution < -0.4 is 10.6 Å². The Balaban J connectivity index is 1.67. The van der Waals surface area contributed by atoms with Crippen LogP contribution >= 0.6 is 0 Å². The van der Waals surface area contributed by atoms with Gasteiger partial charge in [-0.2, -0.15) is 0 Å². The number of nitrogens with zero attached hydrogens (tertiary/aromatic N) is 1. The van der Waals surface area contributed by atoms with Gasteiger partial charge in [0.1, 0.15) is 0 Å². The molecule has 0 atom stereocenters. The number of rotatable bonds is 8. The number of hydrogen-bond donors (Lipinski definition) is 3. The summed E-state index contributed by atoms with van der Waals surface area (Å²) in [5, 5.41) is 15.2. The lowest BCUT2D eigenvalue weighted by molar-refractivity contribution is -0.118. The molecule has 0 aliphatic heterocycles. The van der Waals surface area contributed by atoms with Crippen LogP contribution in [0, 0.1) is 6.92 Å². The Kier molecular flexibility index (Phi) is 7.99. The molecule has 0 heterocycles. The standard InChI is InChI=1S/C24H31N3O3/c1-18-8-7-9-19(16-18)25-24(30)21-12-5-6-13-22(21)26-23(29)17-27(14-15-28)20-10-3-2-4-11-20/h5-9,12-13,16,20,28H,2-4,10-11,14-15,17H2,1H3,(H,25,30)(H,26,29). The van der Waals surface area contributed by atoms with Crippen molar-refractivity contribution in [2.45, 2.75) is 45.1 Å². The summed E-state index contributed by atoms with van der Waals surface area (Å²) >= 11 is 0. The minimum absolute atomic E-state index is 0.0270. The molecule has 0 radical (unpaired) electrons. The van der Waals surface area contributed by atoms with E-state index in [4.69, 9.17) is 0 Å². The molecular weight excluding hydrogens is 378 g/mol. The quantitative estimate of drug-likeness (QED) is 0.619. The number of benzene rings is 2. The summed E-state index contributed by atoms with van der Waals surface area (Å²) in [5.74, 6) is -0.444. The van der Waals surface area contributed by atoms with E-state index in [1.165, 1.54) is 6.42 Å². The maximum Gasteiger partial charge on any atom is 0.257 e. The fraction of sp³-hybridized carbons (Fsp3) is 0.417. The molecule has 6 nitrogen and oxygen atoms in total. The largest absolute Gasteiger partial charge is 0.395 e. The van der Waals surface area contributed by atoms with Gasteiger partial charge < -0.3 is 15.7 Å². The topological polar surface area (TPSA) is 81.7 Å². The first-order chi connectivity index (χ1) is 14.6. The Morgan fingerprint density at radius 2 is 1.80 bits per heavy atom. The molecule has 0 saturated heterocycles. The van der Waals surface area contributed by atoms with Crippen LogP contribution in [0.15, 0.2) is 48.5 Å². The van der Waals surface area contributed by atoms with Crippen molar-refractivity contribution in [3.8, 4) is 0 Å². The van der Waals surface area contributed by atoms with E-state index in [1.807, 2.05) is 31.2 Å². The average molecular weight is 410 g/mol. The monoisotopic (exact) mass is 409 g/mol. The highest BCUT2D eigenvalue weighted by atomic mass is 16.3. The van der Waals surface area contributed by atoms with Gasteiger partial charge in [-0.3, -0.25) is 14.5 Å². The number of amides is 2. The van der Waals surface area contributed by atoms with Gasteiger partial charge in [0.15, 0.2) is 0 Å². The average Bonchev–Trinajstić information content (AvgIpc) is 2.74. The molecule has 160 valence electrons. The van der Waals surface area contributed by atoms with Crippen LogP contribution in [0.5, 0.6) is 0 Å². The number of nitrogens with one attached hydrogen (secondary N) is 2. The van der Waals surface area contributed by atoms with Crippen molar-refractivity contribution < 1.29 is 14.7 Å². The van der Waals surface area contributed by atoms with Crippen LogP contribution in [0.3, 0.4) is 0 Å². The van der Waals surface area contributed by atoms with E-state index in [9.17, 15) is 14.7 Å². The normalized spacial score (nSPS) is 14.5. The van der Waals surface area contributed by atoms with Gasteiger partial charge in [-0.1, -0.05) is 43.5 Å². The number of anilines is 2. The van der Waals surface area contributed by atoms with Crippen molar-refractivity contribution in [2.75, 3.05) is 30.3 Å². The minimum atomic E-state index is -0.268. The van der Waals surface area contributed by atoms with Crippen molar-refractivity contribution in [1.29, 1.82) is 0 Å². The number of aliphatic hydroxyl groups is 1. The molecule has 2 aromatic rings. The Labute approximate surface area is 178 Å². The molecule has 1 fully saturated rings. The molecule has 0 spiro atoms. The molecule has 1 aliphatic rings. The van der Waals surface area contributed by atoms with Gasteiger partial charge >= 0.3 is 0 Å². The Bertz CT molecular complexity index is 862. The van der Waals surface area contributed by atoms with Gasteiger partial charge in [0, 0.05) is 18.3 Å². The first-order valence-corrected chi connectivity index (χ1v) is 10.7. The Hall–Kier alpha value is -2.70. The third-order valence-electron chi connectivity index (χ3n) is 5.55. The molecule has 0 bridgehead atoms. The van der Waals surface area contributed by atoms with E-state index in [1.54, 1.807) is 24.3 Å². The molecule has 0 aromatic heterocycles. The number of hydrogen-bond acceptors (Lipinski definition) is 4. The van der Waals surface area contributed by atoms with Crippen LogP contribution in [-0.4, -0.2) is 47.6 Å². The van der Waals surface area contributed by atoms with E-state index < -0.39 is 0 Å². The third kappa shape index (κ3) is 6.15. The Morgan fingerprint density at radius 3 is 2.53 bits per heavy atom. The maximum absolute atomic E-state index is 12.8. The minimum Gasteiger partial charge on any atom is -0.395 e. The van der Waals surface area contributed by atoms with Crippen molar-refractivity contribution in [2.24, 2.45) is 0 Å². The van der Waals surface area contributed by atoms with Gasteiger partial charge in [-0.05, 0) is 49.6 Å². The van der Waals surface area contributed by atoms with Gasteiger partial charge in [0.2, 0.25) is 5.91 Å². The fourth-order valence-corrected chi connectivity index (χ4v) is 4.05. The predicted octanol–water partition coefficient (Wildman–Crippen LogP) is 3.81. The third-order valence-corrected chi connectivity index (χ3v) is 5.55. The molecule has 1 saturated carbocycles. The summed E-state index contributed by atoms with van der Waals surface area (Å²) < 4.78 is 0. The first-order valence-electron chi connectivity index (χ1n) is 10.7. The van der Waals surface area contributed by atoms with E-state index >= 15 is 0 Å². The molecular formula is C24H31N3O3. The van der Waals surface area contributed by atoms with Gasteiger partial charge in [-0.25, -0.2) is 0 Å². The second kappa shape index (κ2) is 10.9. The Morgan fingerprint density at radius 1 is 1.03 bits per heavy atom. The van der Waals surface area contributed by atoms with E-state index in [-0.39, 0.29) is 25.0 Å². The molecule has 2 amide bonds. The first kappa shape index (κ1) is 22.0. The summed E-state index contributed by atoms with van der Waals surface area (Å²) in [6.45, 7) is 2.68. The molecule has 2 aromatic carbocycles. The van der Waals surface area contributed by atoms with Crippen molar-refractivity contribution in [3.63, 3.8) is 0 Å². The lowest BCUT2D eigenvalue weighted by Gasteiger charge is -2.33. The summed E-state index contributed by atoms with van der Waals surface area (Å²) in [5.41, 5.74) is 2.67. The summed E-state index contributed by atoms with van der Waals surface area (Å²) in [4.78, 5) is 27.6. The maximum atomic E-state index is 12.8. The van der Waals surface area contributed by atoms with Gasteiger partial charge in [0.25, 0.3) is 5.91 Å². The number of aliphatic hydroxyl groups excluding tert-OH is 1. The van der Waals surface area contributed by atoms with Crippen LogP contribution in [0.25, 0.3) is 0 Å². The number of carbonyl (C=O) groups is 2. The molecule has 0 unspecified atom stereocenters. The van der Waals surface area contributed by atoms with E-state index in [2.05, 4.69) is 15.5 Å². The molecule has 3 N–H and O–H groups in total. The highest BCUT2D eigenvalue weighted by Gasteiger charge is 2.23. The van der Waals surface area contributed by atoms with Crippen molar-refractivity contribution in [3.05, 3.63) is 59.7 Å². The van der Waals surface area contributed by atoms with Gasteiger partial charge in [0.05, 0.1) is 24.4 Å². The summed E-state index contributed by atoms with van der Waals surface area (Å²) in [6.07, 6.45) is 5.68. The second-order valence-corrected chi connectivity index (χ2v) is 7.90. The predicted molar refractivity (Wildman–Crippen MR) is 120 cm³/mol. The lowest BCUT2D eigenvalue weighted by Crippen LogP contribution is -2.43. The second-order valence-electron chi connectivity index (χ2n) is 7.90. The number of carbonyl (C=O) groups excluding carboxylic acids is 2. The van der Waals surface area contributed by atoms with Gasteiger partial charge in [-0.15, -0.1) is 0 Å². The van der Waals surface area contributed by atoms with Crippen molar-refractivity contribution >= 4 is 23.2 Å². The number of aryl methyl sites for hydroxylation is 1. The van der Waals surface area contributed by atoms with Crippen molar-refractivity contribution in [1.82, 2.24) is 4.90 Å². The van der Waals surface area contributed by atoms with Crippen LogP contribution in [0.2, 0.25) is 0 Å². The molecule has 3 rings (SSSR count). The number of para-hydroxylation sites is 1. The zero-order valence-corrected chi connectivity index (χ0v) is 17.6. The van der Waals surface area contributed by atoms with Crippen LogP contribution in [0.1, 0.15) is 48.0 Å². The lowest BCUT2D eigenvalue weighted by atomic mass is 9.94. The summed E-state index contributed by atoms with van der Waals surface area (Å²) in [7, 11) is 0. The summed E-state index contributed by atoms with van der Waals surface area (Å²) in [6, 6.07) is 14.9. The zero-order valence-electron chi connectivity index (χ0n) is 17.6. The highest BCUT2D eigenvalue weighted by Crippen LogP contribution is 2.23.